The number of sulfonamides is 1. The summed E-state index contributed by atoms with van der Waals surface area (Å²) in [6, 6.07) is 17.3. The van der Waals surface area contributed by atoms with Crippen molar-refractivity contribution in [1.29, 1.82) is 0 Å². The van der Waals surface area contributed by atoms with Crippen LogP contribution in [-0.4, -0.2) is 85.9 Å². The zero-order valence-electron chi connectivity index (χ0n) is 32.8. The lowest BCUT2D eigenvalue weighted by atomic mass is 9.85. The first kappa shape index (κ1) is 39.4. The molecule has 3 fully saturated rings. The van der Waals surface area contributed by atoms with Crippen molar-refractivity contribution >= 4 is 44.6 Å². The van der Waals surface area contributed by atoms with Crippen LogP contribution in [0, 0.1) is 16.7 Å². The molecule has 0 spiro atoms. The molecule has 2 aliphatic heterocycles. The molecule has 300 valence electrons. The molecule has 14 heteroatoms. The molecular formula is C42H52N4O9S. The van der Waals surface area contributed by atoms with Gasteiger partial charge in [-0.15, -0.1) is 0 Å². The van der Waals surface area contributed by atoms with Gasteiger partial charge in [0.2, 0.25) is 21.8 Å². The van der Waals surface area contributed by atoms with Crippen LogP contribution >= 0.6 is 0 Å². The Hall–Kier alpha value is -4.85. The lowest BCUT2D eigenvalue weighted by Crippen LogP contribution is -2.60. The van der Waals surface area contributed by atoms with Crippen LogP contribution in [0.5, 0.6) is 11.5 Å². The van der Waals surface area contributed by atoms with Crippen molar-refractivity contribution in [3.8, 4) is 22.6 Å². The van der Waals surface area contributed by atoms with E-state index >= 15 is 0 Å². The minimum Gasteiger partial charge on any atom is -0.493 e. The van der Waals surface area contributed by atoms with Crippen molar-refractivity contribution < 1.29 is 41.8 Å². The van der Waals surface area contributed by atoms with Gasteiger partial charge in [-0.05, 0) is 71.2 Å². The van der Waals surface area contributed by atoms with Crippen LogP contribution in [0.3, 0.4) is 0 Å². The van der Waals surface area contributed by atoms with Crippen molar-refractivity contribution in [2.45, 2.75) is 103 Å². The number of fused-ring (bicyclic) bond motifs is 7. The Morgan fingerprint density at radius 2 is 1.66 bits per heavy atom. The molecule has 5 atom stereocenters. The van der Waals surface area contributed by atoms with Gasteiger partial charge in [0.15, 0.2) is 0 Å². The number of cyclic esters (lactones) is 1. The van der Waals surface area contributed by atoms with E-state index in [4.69, 9.17) is 14.2 Å². The van der Waals surface area contributed by atoms with E-state index in [9.17, 15) is 27.6 Å². The molecule has 3 aromatic carbocycles. The third-order valence-corrected chi connectivity index (χ3v) is 13.1. The highest BCUT2D eigenvalue weighted by molar-refractivity contribution is 7.91. The third-order valence-electron chi connectivity index (χ3n) is 11.3. The van der Waals surface area contributed by atoms with Crippen LogP contribution in [0.1, 0.15) is 73.6 Å². The van der Waals surface area contributed by atoms with Crippen molar-refractivity contribution in [1.82, 2.24) is 20.3 Å². The first-order valence-corrected chi connectivity index (χ1v) is 21.0. The predicted molar refractivity (Wildman–Crippen MR) is 210 cm³/mol. The SMILES string of the molecule is CC[C@@H]1CC1(NC(=O)[C@@H]1CC2CN1C(=O)[C@H](C(C)(C)C)NC(=O)OCC(C)(C)COc1cccc(c1)-c1cc3ccccc3cc1O2)C(=O)NS(=O)(=O)C1CC1. The number of alkyl carbamates (subject to hydrolysis) is 1. The molecule has 1 saturated heterocycles. The second-order valence-corrected chi connectivity index (χ2v) is 19.6. The fourth-order valence-corrected chi connectivity index (χ4v) is 9.07. The molecule has 4 bridgehead atoms. The standard InChI is InChI=1S/C42H52N4O9S/c1-7-28-21-42(28,38(49)45-56(51,52)31-15-16-31)44-36(47)33-20-30-22-46(33)37(48)35(40(2,3)4)43-39(50)54-24-41(5,6)23-53-29-14-10-13-27(17-29)32-18-25-11-8-9-12-26(25)19-34(32)55-30/h8-14,17-19,28,30-31,33,35H,7,15-16,20-24H2,1-6H3,(H,43,50)(H,44,47)(H,45,49)/t28-,30?,33+,35-,42?/m1/s1. The summed E-state index contributed by atoms with van der Waals surface area (Å²) >= 11 is 0. The molecular weight excluding hydrogens is 737 g/mol. The number of carbonyl (C=O) groups excluding carboxylic acids is 4. The number of benzene rings is 3. The summed E-state index contributed by atoms with van der Waals surface area (Å²) in [6.07, 6.45) is 0.346. The number of rotatable bonds is 6. The molecule has 0 aromatic heterocycles. The van der Waals surface area contributed by atoms with E-state index in [-0.39, 0.29) is 38.5 Å². The second kappa shape index (κ2) is 14.6. The highest BCUT2D eigenvalue weighted by Gasteiger charge is 2.62. The van der Waals surface area contributed by atoms with Crippen molar-refractivity contribution in [3.05, 3.63) is 60.7 Å². The smallest absolute Gasteiger partial charge is 0.407 e. The summed E-state index contributed by atoms with van der Waals surface area (Å²) in [6.45, 7) is 11.4. The molecule has 0 radical (unpaired) electrons. The summed E-state index contributed by atoms with van der Waals surface area (Å²) in [7, 11) is -3.87. The average molecular weight is 789 g/mol. The van der Waals surface area contributed by atoms with E-state index in [2.05, 4.69) is 15.4 Å². The lowest BCUT2D eigenvalue weighted by Gasteiger charge is -2.35. The van der Waals surface area contributed by atoms with Crippen LogP contribution in [0.2, 0.25) is 0 Å². The number of hydrogen-bond donors (Lipinski definition) is 3. The van der Waals surface area contributed by atoms with Gasteiger partial charge in [0.05, 0.1) is 18.4 Å². The third kappa shape index (κ3) is 8.16. The van der Waals surface area contributed by atoms with Gasteiger partial charge < -0.3 is 29.7 Å². The summed E-state index contributed by atoms with van der Waals surface area (Å²) in [4.78, 5) is 57.6. The number of ether oxygens (including phenoxy) is 3. The van der Waals surface area contributed by atoms with Gasteiger partial charge in [-0.3, -0.25) is 19.1 Å². The van der Waals surface area contributed by atoms with Gasteiger partial charge in [0, 0.05) is 17.4 Å². The van der Waals surface area contributed by atoms with Crippen LogP contribution in [0.25, 0.3) is 21.9 Å². The van der Waals surface area contributed by atoms with Gasteiger partial charge in [-0.2, -0.15) is 0 Å². The fourth-order valence-electron chi connectivity index (χ4n) is 7.70. The zero-order chi connectivity index (χ0) is 40.2. The number of nitrogens with zero attached hydrogens (tertiary/aromatic N) is 1. The molecule has 13 nitrogen and oxygen atoms in total. The molecule has 2 aliphatic carbocycles. The number of nitrogens with one attached hydrogen (secondary N) is 3. The van der Waals surface area contributed by atoms with Crippen molar-refractivity contribution in [2.24, 2.45) is 16.7 Å². The average Bonchev–Trinajstić information content (AvgIpc) is 4.08. The maximum absolute atomic E-state index is 14.7. The van der Waals surface area contributed by atoms with Gasteiger partial charge in [-0.25, -0.2) is 13.2 Å². The van der Waals surface area contributed by atoms with Gasteiger partial charge in [0.1, 0.15) is 41.8 Å². The van der Waals surface area contributed by atoms with Gasteiger partial charge in [-0.1, -0.05) is 84.4 Å². The monoisotopic (exact) mass is 788 g/mol. The van der Waals surface area contributed by atoms with Crippen LogP contribution in [0.15, 0.2) is 60.7 Å². The molecule has 4 amide bonds. The molecule has 4 aliphatic rings. The number of amides is 4. The summed E-state index contributed by atoms with van der Waals surface area (Å²) in [5.41, 5.74) is -1.22. The summed E-state index contributed by atoms with van der Waals surface area (Å²) in [5, 5.41) is 6.98. The maximum atomic E-state index is 14.7. The topological polar surface area (TPSA) is 169 Å². The Bertz CT molecular complexity index is 2160. The van der Waals surface area contributed by atoms with Crippen LogP contribution < -0.4 is 24.8 Å². The maximum Gasteiger partial charge on any atom is 0.407 e. The highest BCUT2D eigenvalue weighted by Crippen LogP contribution is 2.47. The van der Waals surface area contributed by atoms with Gasteiger partial charge >= 0.3 is 6.09 Å². The van der Waals surface area contributed by atoms with E-state index in [1.54, 1.807) is 0 Å². The molecule has 56 heavy (non-hydrogen) atoms. The van der Waals surface area contributed by atoms with Gasteiger partial charge in [0.25, 0.3) is 5.91 Å². The fraction of sp³-hybridized carbons (Fsp3) is 0.524. The lowest BCUT2D eigenvalue weighted by molar-refractivity contribution is -0.143. The molecule has 7 rings (SSSR count). The Morgan fingerprint density at radius 3 is 2.32 bits per heavy atom. The molecule has 3 aromatic rings. The number of carbonyl (C=O) groups is 4. The van der Waals surface area contributed by atoms with Crippen LogP contribution in [0.4, 0.5) is 4.79 Å². The Labute approximate surface area is 328 Å². The molecule has 2 unspecified atom stereocenters. The largest absolute Gasteiger partial charge is 0.493 e. The minimum atomic E-state index is -3.87. The van der Waals surface area contributed by atoms with E-state index in [0.29, 0.717) is 30.8 Å². The minimum absolute atomic E-state index is 0.00225. The Kier molecular flexibility index (Phi) is 10.3. The number of hydrogen-bond acceptors (Lipinski definition) is 9. The predicted octanol–water partition coefficient (Wildman–Crippen LogP) is 5.31. The molecule has 2 heterocycles. The highest BCUT2D eigenvalue weighted by atomic mass is 32.2. The summed E-state index contributed by atoms with van der Waals surface area (Å²) < 4.78 is 46.5. The van der Waals surface area contributed by atoms with Crippen molar-refractivity contribution in [2.75, 3.05) is 19.8 Å². The van der Waals surface area contributed by atoms with Crippen LogP contribution in [-0.2, 0) is 29.1 Å². The first-order chi connectivity index (χ1) is 26.4. The van der Waals surface area contributed by atoms with E-state index < -0.39 is 73.6 Å². The Balaban J connectivity index is 1.27. The first-order valence-electron chi connectivity index (χ1n) is 19.4. The molecule has 2 saturated carbocycles. The van der Waals surface area contributed by atoms with E-state index in [1.165, 1.54) is 4.90 Å². The van der Waals surface area contributed by atoms with E-state index in [1.807, 2.05) is 102 Å². The van der Waals surface area contributed by atoms with E-state index in [0.717, 1.165) is 21.9 Å². The zero-order valence-corrected chi connectivity index (χ0v) is 33.7. The van der Waals surface area contributed by atoms with Crippen molar-refractivity contribution in [3.63, 3.8) is 0 Å². The second-order valence-electron chi connectivity index (χ2n) is 17.6. The normalized spacial score (nSPS) is 26.6. The molecule has 3 N–H and O–H groups in total. The Morgan fingerprint density at radius 1 is 0.964 bits per heavy atom. The summed E-state index contributed by atoms with van der Waals surface area (Å²) in [5.74, 6) is -1.01. The quantitative estimate of drug-likeness (QED) is 0.300.